The number of carboxylic acid groups (broad SMARTS) is 1. The van der Waals surface area contributed by atoms with Gasteiger partial charge in [0.25, 0.3) is 0 Å². The summed E-state index contributed by atoms with van der Waals surface area (Å²) in [5.41, 5.74) is 0. The van der Waals surface area contributed by atoms with Gasteiger partial charge >= 0.3 is 5.97 Å². The minimum atomic E-state index is -0.704. The molecule has 16 heavy (non-hydrogen) atoms. The van der Waals surface area contributed by atoms with Gasteiger partial charge in [-0.25, -0.2) is 0 Å². The molecule has 1 atom stereocenters. The normalized spacial score (nSPS) is 29.1. The molecular weight excluding hydrogens is 224 g/mol. The van der Waals surface area contributed by atoms with E-state index in [9.17, 15) is 4.79 Å². The highest BCUT2D eigenvalue weighted by molar-refractivity contribution is 7.99. The van der Waals surface area contributed by atoms with Crippen LogP contribution in [0.5, 0.6) is 0 Å². The highest BCUT2D eigenvalue weighted by atomic mass is 32.2. The largest absolute Gasteiger partial charge is 0.480 e. The van der Waals surface area contributed by atoms with E-state index in [0.717, 1.165) is 38.6 Å². The van der Waals surface area contributed by atoms with Gasteiger partial charge in [-0.1, -0.05) is 0 Å². The summed E-state index contributed by atoms with van der Waals surface area (Å²) >= 11 is 2.04. The van der Waals surface area contributed by atoms with Crippen LogP contribution in [0, 0.1) is 0 Å². The van der Waals surface area contributed by atoms with E-state index in [1.54, 1.807) is 0 Å². The molecule has 2 saturated heterocycles. The quantitative estimate of drug-likeness (QED) is 0.787. The van der Waals surface area contributed by atoms with E-state index >= 15 is 0 Å². The average molecular weight is 244 g/mol. The van der Waals surface area contributed by atoms with Gasteiger partial charge < -0.3 is 5.11 Å². The van der Waals surface area contributed by atoms with Gasteiger partial charge in [-0.2, -0.15) is 11.8 Å². The van der Waals surface area contributed by atoms with Crippen molar-refractivity contribution < 1.29 is 9.90 Å². The number of aliphatic carboxylic acids is 1. The summed E-state index contributed by atoms with van der Waals surface area (Å²) in [5, 5.41) is 8.78. The van der Waals surface area contributed by atoms with Gasteiger partial charge in [0.15, 0.2) is 0 Å². The summed E-state index contributed by atoms with van der Waals surface area (Å²) in [4.78, 5) is 15.3. The van der Waals surface area contributed by atoms with Crippen molar-refractivity contribution in [3.8, 4) is 0 Å². The minimum absolute atomic E-state index is 0.202. The van der Waals surface area contributed by atoms with Crippen LogP contribution in [0.4, 0.5) is 0 Å². The van der Waals surface area contributed by atoms with E-state index in [1.807, 2.05) is 11.8 Å². The van der Waals surface area contributed by atoms with E-state index < -0.39 is 5.97 Å². The summed E-state index contributed by atoms with van der Waals surface area (Å²) in [5.74, 6) is 1.85. The molecule has 0 aromatic heterocycles. The Morgan fingerprint density at radius 2 is 2.19 bits per heavy atom. The summed E-state index contributed by atoms with van der Waals surface area (Å²) in [7, 11) is 0. The van der Waals surface area contributed by atoms with Crippen molar-refractivity contribution in [2.24, 2.45) is 0 Å². The van der Waals surface area contributed by atoms with Gasteiger partial charge in [0.1, 0.15) is 0 Å². The molecule has 2 aliphatic rings. The van der Waals surface area contributed by atoms with Crippen molar-refractivity contribution in [1.82, 2.24) is 9.80 Å². The maximum Gasteiger partial charge on any atom is 0.317 e. The second-order valence-corrected chi connectivity index (χ2v) is 5.73. The highest BCUT2D eigenvalue weighted by Crippen LogP contribution is 2.23. The Kier molecular flexibility index (Phi) is 4.49. The third-order valence-corrected chi connectivity index (χ3v) is 4.55. The third-order valence-electron chi connectivity index (χ3n) is 3.40. The lowest BCUT2D eigenvalue weighted by molar-refractivity contribution is -0.138. The molecule has 2 rings (SSSR count). The van der Waals surface area contributed by atoms with Crippen molar-refractivity contribution in [2.75, 3.05) is 44.2 Å². The molecule has 0 aromatic carbocycles. The Hall–Kier alpha value is -0.260. The maximum atomic E-state index is 10.7. The molecule has 2 heterocycles. The average Bonchev–Trinajstić information content (AvgIpc) is 2.66. The van der Waals surface area contributed by atoms with Crippen LogP contribution in [0.3, 0.4) is 0 Å². The molecule has 5 heteroatoms. The van der Waals surface area contributed by atoms with Gasteiger partial charge in [0.2, 0.25) is 0 Å². The predicted octanol–water partition coefficient (Wildman–Crippen LogP) is 0.584. The molecule has 1 N–H and O–H groups in total. The highest BCUT2D eigenvalue weighted by Gasteiger charge is 2.25. The number of thioether (sulfide) groups is 1. The lowest BCUT2D eigenvalue weighted by Gasteiger charge is -2.26. The minimum Gasteiger partial charge on any atom is -0.480 e. The number of nitrogens with zero attached hydrogens (tertiary/aromatic N) is 2. The second-order valence-electron chi connectivity index (χ2n) is 4.58. The summed E-state index contributed by atoms with van der Waals surface area (Å²) < 4.78 is 0. The van der Waals surface area contributed by atoms with Crippen LogP contribution in [0.25, 0.3) is 0 Å². The Bertz CT molecular complexity index is 244. The van der Waals surface area contributed by atoms with Crippen molar-refractivity contribution in [3.63, 3.8) is 0 Å². The molecule has 2 fully saturated rings. The Morgan fingerprint density at radius 1 is 1.31 bits per heavy atom. The van der Waals surface area contributed by atoms with Crippen molar-refractivity contribution in [2.45, 2.75) is 18.9 Å². The van der Waals surface area contributed by atoms with Crippen molar-refractivity contribution in [3.05, 3.63) is 0 Å². The zero-order valence-corrected chi connectivity index (χ0v) is 10.4. The zero-order valence-electron chi connectivity index (χ0n) is 9.60. The van der Waals surface area contributed by atoms with Crippen LogP contribution in [0.15, 0.2) is 0 Å². The number of rotatable bonds is 3. The molecular formula is C11H20N2O2S. The van der Waals surface area contributed by atoms with E-state index in [4.69, 9.17) is 5.11 Å². The predicted molar refractivity (Wildman–Crippen MR) is 66.0 cm³/mol. The van der Waals surface area contributed by atoms with E-state index in [-0.39, 0.29) is 6.54 Å². The first kappa shape index (κ1) is 12.2. The first-order valence-corrected chi connectivity index (χ1v) is 7.17. The fraction of sp³-hybridized carbons (Fsp3) is 0.909. The van der Waals surface area contributed by atoms with Gasteiger partial charge in [-0.3, -0.25) is 14.6 Å². The van der Waals surface area contributed by atoms with Crippen LogP contribution in [0.2, 0.25) is 0 Å². The Morgan fingerprint density at radius 3 is 2.88 bits per heavy atom. The standard InChI is InChI=1S/C11H20N2O2S/c14-11(15)8-12-3-1-4-13(6-5-12)10-2-7-16-9-10/h10H,1-9H2,(H,14,15). The monoisotopic (exact) mass is 244 g/mol. The zero-order chi connectivity index (χ0) is 11.4. The van der Waals surface area contributed by atoms with Gasteiger partial charge in [-0.15, -0.1) is 0 Å². The third kappa shape index (κ3) is 3.37. The molecule has 2 aliphatic heterocycles. The smallest absolute Gasteiger partial charge is 0.317 e. The van der Waals surface area contributed by atoms with E-state index in [2.05, 4.69) is 9.80 Å². The topological polar surface area (TPSA) is 43.8 Å². The molecule has 92 valence electrons. The molecule has 1 unspecified atom stereocenters. The lowest BCUT2D eigenvalue weighted by Crippen LogP contribution is -2.39. The molecule has 0 radical (unpaired) electrons. The van der Waals surface area contributed by atoms with Crippen molar-refractivity contribution >= 4 is 17.7 Å². The molecule has 0 amide bonds. The van der Waals surface area contributed by atoms with Crippen LogP contribution < -0.4 is 0 Å². The molecule has 0 aliphatic carbocycles. The SMILES string of the molecule is O=C(O)CN1CCCN(C2CCSC2)CC1. The first-order valence-electron chi connectivity index (χ1n) is 6.01. The second kappa shape index (κ2) is 5.89. The fourth-order valence-electron chi connectivity index (χ4n) is 2.52. The van der Waals surface area contributed by atoms with E-state index in [0.29, 0.717) is 0 Å². The van der Waals surface area contributed by atoms with Gasteiger partial charge in [-0.05, 0) is 25.1 Å². The Balaban J connectivity index is 1.80. The number of hydrogen-bond acceptors (Lipinski definition) is 4. The van der Waals surface area contributed by atoms with Gasteiger partial charge in [0, 0.05) is 31.4 Å². The summed E-state index contributed by atoms with van der Waals surface area (Å²) in [6, 6.07) is 0.745. The van der Waals surface area contributed by atoms with Gasteiger partial charge in [0.05, 0.1) is 6.54 Å². The first-order chi connectivity index (χ1) is 7.75. The lowest BCUT2D eigenvalue weighted by atomic mass is 10.2. The molecule has 0 aromatic rings. The van der Waals surface area contributed by atoms with Crippen LogP contribution >= 0.6 is 11.8 Å². The van der Waals surface area contributed by atoms with Crippen LogP contribution in [-0.4, -0.2) is 71.1 Å². The van der Waals surface area contributed by atoms with E-state index in [1.165, 1.54) is 17.9 Å². The van der Waals surface area contributed by atoms with Crippen LogP contribution in [-0.2, 0) is 4.79 Å². The maximum absolute atomic E-state index is 10.7. The summed E-state index contributed by atoms with van der Waals surface area (Å²) in [6.07, 6.45) is 2.41. The molecule has 0 saturated carbocycles. The number of hydrogen-bond donors (Lipinski definition) is 1. The number of carboxylic acids is 1. The molecule has 4 nitrogen and oxygen atoms in total. The molecule has 0 bridgehead atoms. The van der Waals surface area contributed by atoms with Crippen LogP contribution in [0.1, 0.15) is 12.8 Å². The summed E-state index contributed by atoms with van der Waals surface area (Å²) in [6.45, 7) is 4.23. The van der Waals surface area contributed by atoms with Crippen molar-refractivity contribution in [1.29, 1.82) is 0 Å². The Labute approximate surface area is 101 Å². The fourth-order valence-corrected chi connectivity index (χ4v) is 3.77. The number of carbonyl (C=O) groups is 1. The molecule has 0 spiro atoms.